The number of nitrogens with zero attached hydrogens (tertiary/aromatic N) is 2. The van der Waals surface area contributed by atoms with Crippen molar-refractivity contribution in [2.75, 3.05) is 20.7 Å². The number of amides is 2. The van der Waals surface area contributed by atoms with Gasteiger partial charge in [0.15, 0.2) is 0 Å². The molecule has 2 unspecified atom stereocenters. The third-order valence-corrected chi connectivity index (χ3v) is 4.86. The van der Waals surface area contributed by atoms with Gasteiger partial charge in [-0.15, -0.1) is 0 Å². The lowest BCUT2D eigenvalue weighted by molar-refractivity contribution is -0.138. The maximum absolute atomic E-state index is 12.8. The van der Waals surface area contributed by atoms with E-state index in [-0.39, 0.29) is 17.9 Å². The van der Waals surface area contributed by atoms with Gasteiger partial charge in [0.05, 0.1) is 19.9 Å². The van der Waals surface area contributed by atoms with Crippen molar-refractivity contribution < 1.29 is 19.1 Å². The van der Waals surface area contributed by atoms with Crippen LogP contribution in [-0.4, -0.2) is 54.5 Å². The Morgan fingerprint density at radius 3 is 2.64 bits per heavy atom. The van der Waals surface area contributed by atoms with Crippen molar-refractivity contribution in [3.63, 3.8) is 0 Å². The molecular formula is C21H25N3O4. The molecule has 1 fully saturated rings. The zero-order valence-electron chi connectivity index (χ0n) is 16.1. The molecule has 2 amide bonds. The van der Waals surface area contributed by atoms with E-state index in [1.807, 2.05) is 30.3 Å². The van der Waals surface area contributed by atoms with Crippen molar-refractivity contribution in [3.05, 3.63) is 54.4 Å². The van der Waals surface area contributed by atoms with Gasteiger partial charge in [0.1, 0.15) is 23.6 Å². The van der Waals surface area contributed by atoms with E-state index in [4.69, 9.17) is 9.47 Å². The van der Waals surface area contributed by atoms with Crippen molar-refractivity contribution in [2.24, 2.45) is 0 Å². The number of pyridine rings is 1. The van der Waals surface area contributed by atoms with Gasteiger partial charge < -0.3 is 19.7 Å². The molecule has 7 nitrogen and oxygen atoms in total. The van der Waals surface area contributed by atoms with Crippen molar-refractivity contribution in [1.82, 2.24) is 15.2 Å². The Bertz CT molecular complexity index is 795. The fraction of sp³-hybridized carbons (Fsp3) is 0.381. The number of ether oxygens (including phenoxy) is 2. The Morgan fingerprint density at radius 1 is 1.21 bits per heavy atom. The Kier molecular flexibility index (Phi) is 6.47. The van der Waals surface area contributed by atoms with Crippen LogP contribution in [0.3, 0.4) is 0 Å². The molecule has 2 atom stereocenters. The zero-order valence-corrected chi connectivity index (χ0v) is 16.1. The summed E-state index contributed by atoms with van der Waals surface area (Å²) in [6.45, 7) is 0.383. The van der Waals surface area contributed by atoms with Crippen LogP contribution in [0, 0.1) is 0 Å². The number of carbonyl (C=O) groups is 2. The van der Waals surface area contributed by atoms with Crippen molar-refractivity contribution in [1.29, 1.82) is 0 Å². The second-order valence-corrected chi connectivity index (χ2v) is 6.69. The molecule has 0 saturated carbocycles. The van der Waals surface area contributed by atoms with Crippen LogP contribution in [0.1, 0.15) is 18.4 Å². The summed E-state index contributed by atoms with van der Waals surface area (Å²) in [4.78, 5) is 30.8. The van der Waals surface area contributed by atoms with E-state index in [1.165, 1.54) is 0 Å². The van der Waals surface area contributed by atoms with Gasteiger partial charge >= 0.3 is 0 Å². The summed E-state index contributed by atoms with van der Waals surface area (Å²) >= 11 is 0. The minimum Gasteiger partial charge on any atom is -0.497 e. The number of carbonyl (C=O) groups excluding carboxylic acids is 2. The highest BCUT2D eigenvalue weighted by atomic mass is 16.5. The molecule has 148 valence electrons. The van der Waals surface area contributed by atoms with E-state index >= 15 is 0 Å². The third-order valence-electron chi connectivity index (χ3n) is 4.86. The number of likely N-dealkylation sites (tertiary alicyclic amines) is 1. The maximum atomic E-state index is 12.8. The minimum absolute atomic E-state index is 0.0540. The maximum Gasteiger partial charge on any atom is 0.242 e. The van der Waals surface area contributed by atoms with Gasteiger partial charge in [0, 0.05) is 26.1 Å². The van der Waals surface area contributed by atoms with Crippen LogP contribution in [0.25, 0.3) is 0 Å². The summed E-state index contributed by atoms with van der Waals surface area (Å²) in [7, 11) is 3.20. The van der Waals surface area contributed by atoms with Gasteiger partial charge in [-0.1, -0.05) is 12.1 Å². The molecule has 7 heteroatoms. The first-order valence-electron chi connectivity index (χ1n) is 9.31. The van der Waals surface area contributed by atoms with Gasteiger partial charge in [0.2, 0.25) is 11.8 Å². The average Bonchev–Trinajstić information content (AvgIpc) is 3.16. The predicted octanol–water partition coefficient (Wildman–Crippen LogP) is 1.82. The topological polar surface area (TPSA) is 80.8 Å². The molecule has 0 radical (unpaired) electrons. The number of aromatic nitrogens is 1. The Balaban J connectivity index is 1.62. The second-order valence-electron chi connectivity index (χ2n) is 6.69. The summed E-state index contributed by atoms with van der Waals surface area (Å²) in [5, 5.41) is 2.65. The monoisotopic (exact) mass is 383 g/mol. The van der Waals surface area contributed by atoms with Crippen LogP contribution >= 0.6 is 0 Å². The van der Waals surface area contributed by atoms with Gasteiger partial charge in [-0.05, 0) is 36.2 Å². The number of hydrogen-bond acceptors (Lipinski definition) is 5. The van der Waals surface area contributed by atoms with E-state index in [2.05, 4.69) is 10.3 Å². The van der Waals surface area contributed by atoms with E-state index in [0.29, 0.717) is 31.6 Å². The highest BCUT2D eigenvalue weighted by Crippen LogP contribution is 2.24. The van der Waals surface area contributed by atoms with Crippen LogP contribution in [0.15, 0.2) is 48.8 Å². The van der Waals surface area contributed by atoms with Crippen molar-refractivity contribution >= 4 is 11.8 Å². The quantitative estimate of drug-likeness (QED) is 0.789. The average molecular weight is 383 g/mol. The number of likely N-dealkylation sites (N-methyl/N-ethyl adjacent to an activating group) is 1. The van der Waals surface area contributed by atoms with Crippen LogP contribution in [0.2, 0.25) is 0 Å². The van der Waals surface area contributed by atoms with Gasteiger partial charge in [-0.2, -0.15) is 0 Å². The number of hydrogen-bond donors (Lipinski definition) is 1. The largest absolute Gasteiger partial charge is 0.497 e. The summed E-state index contributed by atoms with van der Waals surface area (Å²) < 4.78 is 11.1. The minimum atomic E-state index is -0.518. The smallest absolute Gasteiger partial charge is 0.242 e. The van der Waals surface area contributed by atoms with Crippen LogP contribution < -0.4 is 14.8 Å². The molecule has 0 bridgehead atoms. The molecular weight excluding hydrogens is 358 g/mol. The zero-order chi connectivity index (χ0) is 19.9. The van der Waals surface area contributed by atoms with E-state index in [1.54, 1.807) is 37.5 Å². The molecule has 1 N–H and O–H groups in total. The molecule has 28 heavy (non-hydrogen) atoms. The van der Waals surface area contributed by atoms with Crippen LogP contribution in [0.5, 0.6) is 11.5 Å². The summed E-state index contributed by atoms with van der Waals surface area (Å²) in [5.41, 5.74) is 1.05. The number of aryl methyl sites for hydroxylation is 1. The lowest BCUT2D eigenvalue weighted by Crippen LogP contribution is -2.45. The number of nitrogens with one attached hydrogen (secondary N) is 1. The lowest BCUT2D eigenvalue weighted by Gasteiger charge is -2.23. The van der Waals surface area contributed by atoms with Crippen LogP contribution in [0.4, 0.5) is 0 Å². The Labute approximate surface area is 164 Å². The number of rotatable bonds is 7. The number of benzene rings is 1. The predicted molar refractivity (Wildman–Crippen MR) is 104 cm³/mol. The van der Waals surface area contributed by atoms with E-state index in [0.717, 1.165) is 11.3 Å². The SMILES string of the molecule is CNC(=O)C1CC(Oc2cccnc2)CN1C(=O)CCc1ccc(OC)cc1. The molecule has 2 heterocycles. The first-order valence-corrected chi connectivity index (χ1v) is 9.31. The van der Waals surface area contributed by atoms with Crippen LogP contribution in [-0.2, 0) is 16.0 Å². The second kappa shape index (κ2) is 9.21. The molecule has 3 rings (SSSR count). The van der Waals surface area contributed by atoms with Gasteiger partial charge in [-0.25, -0.2) is 0 Å². The van der Waals surface area contributed by atoms with Gasteiger partial charge in [-0.3, -0.25) is 14.6 Å². The standard InChI is InChI=1S/C21H25N3O4/c1-22-21(26)19-12-18(28-17-4-3-11-23-13-17)14-24(19)20(25)10-7-15-5-8-16(27-2)9-6-15/h3-6,8-9,11,13,18-19H,7,10,12,14H2,1-2H3,(H,22,26). The highest BCUT2D eigenvalue weighted by Gasteiger charge is 2.40. The molecule has 1 saturated heterocycles. The van der Waals surface area contributed by atoms with Gasteiger partial charge in [0.25, 0.3) is 0 Å². The summed E-state index contributed by atoms with van der Waals surface area (Å²) in [6.07, 6.45) is 4.46. The molecule has 0 aliphatic carbocycles. The Hall–Kier alpha value is -3.09. The van der Waals surface area contributed by atoms with Crippen molar-refractivity contribution in [3.8, 4) is 11.5 Å². The summed E-state index contributed by atoms with van der Waals surface area (Å²) in [6, 6.07) is 10.7. The third kappa shape index (κ3) is 4.79. The normalized spacial score (nSPS) is 18.6. The van der Waals surface area contributed by atoms with E-state index < -0.39 is 6.04 Å². The number of methoxy groups -OCH3 is 1. The molecule has 1 aromatic carbocycles. The fourth-order valence-corrected chi connectivity index (χ4v) is 3.37. The molecule has 1 aromatic heterocycles. The Morgan fingerprint density at radius 2 is 2.00 bits per heavy atom. The molecule has 2 aromatic rings. The molecule has 0 spiro atoms. The summed E-state index contributed by atoms with van der Waals surface area (Å²) in [5.74, 6) is 1.19. The molecule has 1 aliphatic rings. The van der Waals surface area contributed by atoms with Crippen molar-refractivity contribution in [2.45, 2.75) is 31.4 Å². The first-order chi connectivity index (χ1) is 13.6. The fourth-order valence-electron chi connectivity index (χ4n) is 3.37. The van der Waals surface area contributed by atoms with E-state index in [9.17, 15) is 9.59 Å². The molecule has 1 aliphatic heterocycles. The first kappa shape index (κ1) is 19.7. The lowest BCUT2D eigenvalue weighted by atomic mass is 10.1. The highest BCUT2D eigenvalue weighted by molar-refractivity contribution is 5.88.